The van der Waals surface area contributed by atoms with E-state index in [0.29, 0.717) is 27.9 Å². The number of benzene rings is 3. The Morgan fingerprint density at radius 3 is 2.48 bits per heavy atom. The fourth-order valence-electron chi connectivity index (χ4n) is 3.55. The van der Waals surface area contributed by atoms with Gasteiger partial charge in [-0.2, -0.15) is 0 Å². The predicted molar refractivity (Wildman–Crippen MR) is 111 cm³/mol. The van der Waals surface area contributed by atoms with Crippen LogP contribution in [0.15, 0.2) is 66.7 Å². The van der Waals surface area contributed by atoms with Gasteiger partial charge in [0.25, 0.3) is 0 Å². The molecule has 0 atom stereocenters. The molecule has 0 fully saturated rings. The molecule has 0 saturated heterocycles. The van der Waals surface area contributed by atoms with Crippen LogP contribution in [0.2, 0.25) is 5.02 Å². The number of aromatic nitrogens is 4. The minimum atomic E-state index is 0.217. The van der Waals surface area contributed by atoms with E-state index < -0.39 is 0 Å². The van der Waals surface area contributed by atoms with E-state index in [1.54, 1.807) is 0 Å². The summed E-state index contributed by atoms with van der Waals surface area (Å²) in [6.07, 6.45) is 0. The third-order valence-corrected chi connectivity index (χ3v) is 5.10. The molecule has 7 heteroatoms. The van der Waals surface area contributed by atoms with Crippen LogP contribution in [0.25, 0.3) is 39.4 Å². The predicted octanol–water partition coefficient (Wildman–Crippen LogP) is 5.02. The van der Waals surface area contributed by atoms with E-state index in [2.05, 4.69) is 0 Å². The summed E-state index contributed by atoms with van der Waals surface area (Å²) in [5.74, 6) is 2.12. The molecule has 0 unspecified atom stereocenters. The van der Waals surface area contributed by atoms with Crippen molar-refractivity contribution in [3.63, 3.8) is 0 Å². The summed E-state index contributed by atoms with van der Waals surface area (Å²) in [7, 11) is 0. The van der Waals surface area contributed by atoms with Crippen LogP contribution in [0.3, 0.4) is 0 Å². The summed E-state index contributed by atoms with van der Waals surface area (Å²) in [6, 6.07) is 21.1. The van der Waals surface area contributed by atoms with Crippen molar-refractivity contribution in [2.75, 3.05) is 6.79 Å². The molecule has 0 N–H and O–H groups in total. The molecule has 0 aliphatic carbocycles. The van der Waals surface area contributed by atoms with Crippen LogP contribution in [0.4, 0.5) is 0 Å². The summed E-state index contributed by atoms with van der Waals surface area (Å²) in [5.41, 5.74) is 4.57. The van der Waals surface area contributed by atoms with E-state index >= 15 is 0 Å². The molecule has 0 spiro atoms. The van der Waals surface area contributed by atoms with Gasteiger partial charge in [0.1, 0.15) is 5.82 Å². The van der Waals surface area contributed by atoms with E-state index in [4.69, 9.17) is 36.0 Å². The highest BCUT2D eigenvalue weighted by Gasteiger charge is 2.20. The number of hydrogen-bond acceptors (Lipinski definition) is 5. The van der Waals surface area contributed by atoms with Gasteiger partial charge in [0, 0.05) is 16.7 Å². The molecule has 1 aliphatic heterocycles. The maximum atomic E-state index is 6.25. The lowest BCUT2D eigenvalue weighted by atomic mass is 10.2. The first kappa shape index (κ1) is 16.3. The van der Waals surface area contributed by atoms with E-state index in [0.717, 1.165) is 28.0 Å². The highest BCUT2D eigenvalue weighted by molar-refractivity contribution is 6.30. The largest absolute Gasteiger partial charge is 0.454 e. The van der Waals surface area contributed by atoms with Gasteiger partial charge in [-0.25, -0.2) is 15.0 Å². The molecule has 0 saturated carbocycles. The minimum Gasteiger partial charge on any atom is -0.454 e. The third kappa shape index (κ3) is 2.61. The van der Waals surface area contributed by atoms with Crippen molar-refractivity contribution < 1.29 is 9.47 Å². The molecule has 140 valence electrons. The molecule has 29 heavy (non-hydrogen) atoms. The SMILES string of the molecule is Clc1cccc(-c2nc3nc4ccccc4nc3n2-c2ccc3c(c2)OCO3)c1. The van der Waals surface area contributed by atoms with Crippen molar-refractivity contribution >= 4 is 33.9 Å². The number of imidazole rings is 1. The van der Waals surface area contributed by atoms with Gasteiger partial charge >= 0.3 is 0 Å². The molecule has 0 radical (unpaired) electrons. The van der Waals surface area contributed by atoms with E-state index in [1.807, 2.05) is 71.3 Å². The molecule has 5 aromatic rings. The van der Waals surface area contributed by atoms with Crippen LogP contribution < -0.4 is 9.47 Å². The van der Waals surface area contributed by atoms with Crippen LogP contribution in [0, 0.1) is 0 Å². The van der Waals surface area contributed by atoms with Gasteiger partial charge in [-0.15, -0.1) is 0 Å². The molecule has 6 nitrogen and oxygen atoms in total. The highest BCUT2D eigenvalue weighted by Crippen LogP contribution is 2.36. The topological polar surface area (TPSA) is 62.1 Å². The van der Waals surface area contributed by atoms with E-state index in [9.17, 15) is 0 Å². The first-order valence-electron chi connectivity index (χ1n) is 9.07. The number of nitrogens with zero attached hydrogens (tertiary/aromatic N) is 4. The molecule has 0 amide bonds. The Morgan fingerprint density at radius 2 is 1.62 bits per heavy atom. The Morgan fingerprint density at radius 1 is 0.793 bits per heavy atom. The van der Waals surface area contributed by atoms with Crippen LogP contribution in [0.1, 0.15) is 0 Å². The van der Waals surface area contributed by atoms with Crippen molar-refractivity contribution in [3.8, 4) is 28.6 Å². The standard InChI is InChI=1S/C22H13ClN4O2/c23-14-5-3-4-13(10-14)21-26-20-22(25-17-7-2-1-6-16(17)24-20)27(21)15-8-9-18-19(11-15)29-12-28-18/h1-11H,12H2. The van der Waals surface area contributed by atoms with Crippen LogP contribution in [-0.2, 0) is 0 Å². The summed E-state index contributed by atoms with van der Waals surface area (Å²) < 4.78 is 13.0. The van der Waals surface area contributed by atoms with Gasteiger partial charge in [-0.05, 0) is 36.4 Å². The monoisotopic (exact) mass is 400 g/mol. The van der Waals surface area contributed by atoms with Gasteiger partial charge in [-0.1, -0.05) is 35.9 Å². The normalized spacial score (nSPS) is 12.7. The van der Waals surface area contributed by atoms with Crippen molar-refractivity contribution in [3.05, 3.63) is 71.8 Å². The van der Waals surface area contributed by atoms with Crippen molar-refractivity contribution in [1.29, 1.82) is 0 Å². The van der Waals surface area contributed by atoms with Gasteiger partial charge in [0.2, 0.25) is 6.79 Å². The average molecular weight is 401 g/mol. The lowest BCUT2D eigenvalue weighted by molar-refractivity contribution is 0.174. The third-order valence-electron chi connectivity index (χ3n) is 4.87. The Labute approximate surface area is 170 Å². The van der Waals surface area contributed by atoms with Gasteiger partial charge in [0.15, 0.2) is 22.8 Å². The van der Waals surface area contributed by atoms with Crippen molar-refractivity contribution in [2.24, 2.45) is 0 Å². The average Bonchev–Trinajstić information content (AvgIpc) is 3.35. The molecule has 6 rings (SSSR count). The number of hydrogen-bond donors (Lipinski definition) is 0. The zero-order valence-electron chi connectivity index (χ0n) is 15.0. The zero-order valence-corrected chi connectivity index (χ0v) is 15.8. The van der Waals surface area contributed by atoms with Crippen LogP contribution in [-0.4, -0.2) is 26.3 Å². The smallest absolute Gasteiger partial charge is 0.231 e. The molecule has 0 bridgehead atoms. The summed E-state index contributed by atoms with van der Waals surface area (Å²) in [5, 5.41) is 0.637. The number of fused-ring (bicyclic) bond motifs is 3. The number of para-hydroxylation sites is 2. The molecular formula is C22H13ClN4O2. The zero-order chi connectivity index (χ0) is 19.4. The summed E-state index contributed by atoms with van der Waals surface area (Å²) >= 11 is 6.25. The van der Waals surface area contributed by atoms with Crippen molar-refractivity contribution in [1.82, 2.24) is 19.5 Å². The molecule has 1 aliphatic rings. The molecule has 3 aromatic carbocycles. The fourth-order valence-corrected chi connectivity index (χ4v) is 3.74. The summed E-state index contributed by atoms with van der Waals surface area (Å²) in [4.78, 5) is 14.4. The highest BCUT2D eigenvalue weighted by atomic mass is 35.5. The summed E-state index contributed by atoms with van der Waals surface area (Å²) in [6.45, 7) is 0.217. The van der Waals surface area contributed by atoms with Crippen LogP contribution in [0.5, 0.6) is 11.5 Å². The lowest BCUT2D eigenvalue weighted by Gasteiger charge is -2.10. The Balaban J connectivity index is 1.69. The second kappa shape index (κ2) is 6.18. The van der Waals surface area contributed by atoms with E-state index in [1.165, 1.54) is 0 Å². The van der Waals surface area contributed by atoms with Crippen molar-refractivity contribution in [2.45, 2.75) is 0 Å². The maximum absolute atomic E-state index is 6.25. The molecule has 3 heterocycles. The van der Waals surface area contributed by atoms with Gasteiger partial charge < -0.3 is 9.47 Å². The second-order valence-corrected chi connectivity index (χ2v) is 7.11. The molecular weight excluding hydrogens is 388 g/mol. The maximum Gasteiger partial charge on any atom is 0.231 e. The lowest BCUT2D eigenvalue weighted by Crippen LogP contribution is -1.99. The first-order chi connectivity index (χ1) is 14.3. The Hall–Kier alpha value is -3.64. The fraction of sp³-hybridized carbons (Fsp3) is 0.0455. The van der Waals surface area contributed by atoms with Gasteiger partial charge in [-0.3, -0.25) is 4.57 Å². The Bertz CT molecular complexity index is 1410. The second-order valence-electron chi connectivity index (χ2n) is 6.68. The van der Waals surface area contributed by atoms with Gasteiger partial charge in [0.05, 0.1) is 16.7 Å². The molecule has 2 aromatic heterocycles. The minimum absolute atomic E-state index is 0.217. The van der Waals surface area contributed by atoms with Crippen LogP contribution >= 0.6 is 11.6 Å². The number of halogens is 1. The Kier molecular flexibility index (Phi) is 3.48. The first-order valence-corrected chi connectivity index (χ1v) is 9.45. The number of ether oxygens (including phenoxy) is 2. The quantitative estimate of drug-likeness (QED) is 0.416. The number of rotatable bonds is 2. The van der Waals surface area contributed by atoms with E-state index in [-0.39, 0.29) is 6.79 Å².